The minimum Gasteiger partial charge on any atom is -0.0631 e. The van der Waals surface area contributed by atoms with E-state index in [4.69, 9.17) is 0 Å². The molecule has 0 unspecified atom stereocenters. The first kappa shape index (κ1) is 19.2. The highest BCUT2D eigenvalue weighted by Crippen LogP contribution is 2.42. The van der Waals surface area contributed by atoms with E-state index >= 15 is 0 Å². The molecule has 2 aliphatic rings. The van der Waals surface area contributed by atoms with Gasteiger partial charge in [0.05, 0.1) is 0 Å². The average Bonchev–Trinajstić information content (AvgIpc) is 2.67. The maximum atomic E-state index is 2.32. The highest BCUT2D eigenvalue weighted by molar-refractivity contribution is 6.08. The van der Waals surface area contributed by atoms with Crippen LogP contribution in [0.5, 0.6) is 0 Å². The van der Waals surface area contributed by atoms with Crippen LogP contribution >= 0.6 is 0 Å². The summed E-state index contributed by atoms with van der Waals surface area (Å²) in [4.78, 5) is 0. The molecule has 3 rings (SSSR count). The van der Waals surface area contributed by atoms with Gasteiger partial charge in [-0.2, -0.15) is 0 Å². The Morgan fingerprint density at radius 2 is 1.32 bits per heavy atom. The quantitative estimate of drug-likeness (QED) is 0.409. The van der Waals surface area contributed by atoms with Crippen LogP contribution in [0.3, 0.4) is 0 Å². The summed E-state index contributed by atoms with van der Waals surface area (Å²) in [6.45, 7) is 2.18. The molecule has 0 spiro atoms. The Morgan fingerprint density at radius 1 is 0.760 bits per heavy atom. The molecule has 2 fully saturated rings. The molecule has 0 aromatic heterocycles. The summed E-state index contributed by atoms with van der Waals surface area (Å²) in [6, 6.07) is 10.7. The van der Waals surface area contributed by atoms with Gasteiger partial charge >= 0.3 is 0 Å². The minimum absolute atomic E-state index is 1.05. The van der Waals surface area contributed by atoms with Crippen LogP contribution in [-0.4, -0.2) is 10.2 Å². The summed E-state index contributed by atoms with van der Waals surface area (Å²) in [5, 5.41) is 0. The molecule has 2 aliphatic carbocycles. The van der Waals surface area contributed by atoms with E-state index in [1.165, 1.54) is 59.9 Å². The summed E-state index contributed by atoms with van der Waals surface area (Å²) in [5.74, 6) is 4.37. The van der Waals surface area contributed by atoms with Gasteiger partial charge in [0.25, 0.3) is 0 Å². The Hall–Kier alpha value is -0.563. The molecule has 2 saturated carbocycles. The lowest BCUT2D eigenvalue weighted by molar-refractivity contribution is 0.147. The molecule has 1 aromatic rings. The van der Waals surface area contributed by atoms with Crippen LogP contribution in [0.2, 0.25) is 6.04 Å². The van der Waals surface area contributed by atoms with E-state index in [9.17, 15) is 0 Å². The van der Waals surface area contributed by atoms with E-state index in [-0.39, 0.29) is 0 Å². The molecule has 1 heteroatoms. The summed E-state index contributed by atoms with van der Waals surface area (Å²) < 4.78 is 0. The van der Waals surface area contributed by atoms with Gasteiger partial charge in [-0.15, -0.1) is 0 Å². The fourth-order valence-corrected chi connectivity index (χ4v) is 6.35. The van der Waals surface area contributed by atoms with Crippen LogP contribution < -0.4 is 0 Å². The Labute approximate surface area is 159 Å². The third kappa shape index (κ3) is 5.98. The molecular weight excluding hydrogens is 316 g/mol. The number of aryl methyl sites for hydroxylation is 2. The number of hydrogen-bond acceptors (Lipinski definition) is 0. The van der Waals surface area contributed by atoms with Crippen molar-refractivity contribution in [2.45, 2.75) is 90.0 Å². The molecular formula is C24H40Si. The molecule has 0 saturated heterocycles. The number of unbranched alkanes of at least 4 members (excludes halogenated alkanes) is 1. The van der Waals surface area contributed by atoms with Gasteiger partial charge in [0.15, 0.2) is 0 Å². The topological polar surface area (TPSA) is 0 Å². The third-order valence-corrected chi connectivity index (χ3v) is 8.63. The maximum absolute atomic E-state index is 2.32. The lowest BCUT2D eigenvalue weighted by atomic mass is 9.69. The Bertz CT molecular complexity index is 475. The van der Waals surface area contributed by atoms with E-state index < -0.39 is 0 Å². The lowest BCUT2D eigenvalue weighted by Gasteiger charge is -2.37. The van der Waals surface area contributed by atoms with Crippen molar-refractivity contribution in [3.05, 3.63) is 35.4 Å². The first-order valence-electron chi connectivity index (χ1n) is 11.3. The van der Waals surface area contributed by atoms with Crippen molar-refractivity contribution in [1.82, 2.24) is 0 Å². The smallest absolute Gasteiger partial charge is 0.00314 e. The van der Waals surface area contributed by atoms with Crippen LogP contribution in [0.15, 0.2) is 24.3 Å². The number of hydrogen-bond donors (Lipinski definition) is 0. The monoisotopic (exact) mass is 356 g/mol. The molecule has 0 atom stereocenters. The van der Waals surface area contributed by atoms with E-state index in [1.54, 1.807) is 44.6 Å². The van der Waals surface area contributed by atoms with Gasteiger partial charge in [0.2, 0.25) is 0 Å². The van der Waals surface area contributed by atoms with Gasteiger partial charge in [-0.05, 0) is 74.7 Å². The molecule has 0 heterocycles. The Balaban J connectivity index is 1.28. The highest BCUT2D eigenvalue weighted by atomic mass is 28.1. The van der Waals surface area contributed by atoms with E-state index in [0.717, 1.165) is 23.7 Å². The molecule has 25 heavy (non-hydrogen) atoms. The van der Waals surface area contributed by atoms with Crippen molar-refractivity contribution in [3.8, 4) is 0 Å². The second kappa shape index (κ2) is 9.95. The fraction of sp³-hybridized carbons (Fsp3) is 0.750. The molecule has 140 valence electrons. The molecule has 0 nitrogen and oxygen atoms in total. The third-order valence-electron chi connectivity index (χ3n) is 7.48. The lowest BCUT2D eigenvalue weighted by Crippen LogP contribution is -2.25. The van der Waals surface area contributed by atoms with Crippen LogP contribution in [0.25, 0.3) is 0 Å². The minimum atomic E-state index is 1.05. The molecule has 0 aliphatic heterocycles. The predicted octanol–water partition coefficient (Wildman–Crippen LogP) is 6.10. The molecule has 0 bridgehead atoms. The molecule has 0 amide bonds. The maximum Gasteiger partial charge on any atom is 0.00314 e. The fourth-order valence-electron chi connectivity index (χ4n) is 5.53. The van der Waals surface area contributed by atoms with Crippen molar-refractivity contribution in [2.24, 2.45) is 23.7 Å². The highest BCUT2D eigenvalue weighted by Gasteiger charge is 2.30. The van der Waals surface area contributed by atoms with Gasteiger partial charge in [0.1, 0.15) is 0 Å². The summed E-state index contributed by atoms with van der Waals surface area (Å²) >= 11 is 0. The SMILES string of the molecule is Cc1ccc(CCCCC2CCC(C3CCC(C[SiH3])CC3)CC2)cc1. The van der Waals surface area contributed by atoms with Crippen molar-refractivity contribution in [3.63, 3.8) is 0 Å². The van der Waals surface area contributed by atoms with Crippen LogP contribution in [-0.2, 0) is 6.42 Å². The van der Waals surface area contributed by atoms with Gasteiger partial charge in [-0.3, -0.25) is 0 Å². The van der Waals surface area contributed by atoms with Gasteiger partial charge in [0, 0.05) is 10.2 Å². The van der Waals surface area contributed by atoms with Crippen molar-refractivity contribution in [1.29, 1.82) is 0 Å². The zero-order valence-corrected chi connectivity index (χ0v) is 18.8. The van der Waals surface area contributed by atoms with Gasteiger partial charge in [-0.25, -0.2) is 0 Å². The summed E-state index contributed by atoms with van der Waals surface area (Å²) in [7, 11) is 1.42. The normalized spacial score (nSPS) is 30.4. The van der Waals surface area contributed by atoms with Crippen LogP contribution in [0.1, 0.15) is 81.8 Å². The first-order chi connectivity index (χ1) is 12.2. The predicted molar refractivity (Wildman–Crippen MR) is 114 cm³/mol. The van der Waals surface area contributed by atoms with Gasteiger partial charge < -0.3 is 0 Å². The largest absolute Gasteiger partial charge is 0.0631 e. The molecule has 1 aromatic carbocycles. The second-order valence-electron chi connectivity index (χ2n) is 9.20. The Kier molecular flexibility index (Phi) is 7.64. The van der Waals surface area contributed by atoms with Gasteiger partial charge in [-0.1, -0.05) is 74.4 Å². The van der Waals surface area contributed by atoms with Crippen molar-refractivity contribution < 1.29 is 0 Å². The van der Waals surface area contributed by atoms with Crippen LogP contribution in [0, 0.1) is 30.6 Å². The number of benzene rings is 1. The molecule has 0 N–H and O–H groups in total. The number of rotatable bonds is 7. The van der Waals surface area contributed by atoms with E-state index in [0.29, 0.717) is 0 Å². The second-order valence-corrected chi connectivity index (χ2v) is 10.0. The summed E-state index contributed by atoms with van der Waals surface area (Å²) in [5.41, 5.74) is 2.91. The average molecular weight is 357 g/mol. The van der Waals surface area contributed by atoms with E-state index in [1.807, 2.05) is 0 Å². The van der Waals surface area contributed by atoms with Crippen molar-refractivity contribution >= 4 is 10.2 Å². The zero-order chi connectivity index (χ0) is 17.5. The van der Waals surface area contributed by atoms with E-state index in [2.05, 4.69) is 31.2 Å². The first-order valence-corrected chi connectivity index (χ1v) is 12.7. The van der Waals surface area contributed by atoms with Crippen molar-refractivity contribution in [2.75, 3.05) is 0 Å². The molecule has 0 radical (unpaired) electrons. The summed E-state index contributed by atoms with van der Waals surface area (Å²) in [6.07, 6.45) is 18.0. The zero-order valence-electron chi connectivity index (χ0n) is 16.8. The Morgan fingerprint density at radius 3 is 1.88 bits per heavy atom. The standard InChI is InChI=1S/C24H40Si/c1-19-6-8-20(9-7-19)4-2-3-5-21-10-14-23(15-11-21)24-16-12-22(18-25)13-17-24/h6-9,21-24H,2-5,10-18H2,1,25H3. The van der Waals surface area contributed by atoms with Crippen LogP contribution in [0.4, 0.5) is 0 Å².